The normalized spacial score (nSPS) is 20.6. The van der Waals surface area contributed by atoms with Crippen LogP contribution in [0.5, 0.6) is 5.75 Å². The number of ether oxygens (including phenoxy) is 2. The highest BCUT2D eigenvalue weighted by Crippen LogP contribution is 2.40. The Kier molecular flexibility index (Phi) is 4.93. The zero-order chi connectivity index (χ0) is 19.7. The molecule has 1 aromatic carbocycles. The number of benzene rings is 1. The standard InChI is InChI=1S/C21H27N5O2.H2/c1-3-14-12-26(8-9-27-14)19-11-18(24-13-25-19)20(23)16-10-15(4-5-17(16)22)28-21(2)6-7-21;/h4-5,10-11,13-14,23H,3,6-9,12,22H2,1-2H3;1H/t14-;/m0./s1. The molecule has 0 radical (unpaired) electrons. The maximum atomic E-state index is 8.67. The van der Waals surface area contributed by atoms with Crippen molar-refractivity contribution in [1.29, 1.82) is 5.41 Å². The molecule has 1 aliphatic heterocycles. The molecule has 0 unspecified atom stereocenters. The Balaban J connectivity index is 0.00000240. The van der Waals surface area contributed by atoms with E-state index in [0.717, 1.165) is 43.9 Å². The van der Waals surface area contributed by atoms with Crippen molar-refractivity contribution in [3.8, 4) is 5.75 Å². The first kappa shape index (κ1) is 18.7. The van der Waals surface area contributed by atoms with Gasteiger partial charge in [0.2, 0.25) is 0 Å². The molecular weight excluding hydrogens is 354 g/mol. The van der Waals surface area contributed by atoms with E-state index in [1.807, 2.05) is 18.2 Å². The number of hydrogen-bond acceptors (Lipinski definition) is 7. The van der Waals surface area contributed by atoms with E-state index < -0.39 is 0 Å². The van der Waals surface area contributed by atoms with Crippen LogP contribution in [0.2, 0.25) is 0 Å². The second-order valence-corrected chi connectivity index (χ2v) is 7.78. The van der Waals surface area contributed by atoms with Crippen molar-refractivity contribution in [3.63, 3.8) is 0 Å². The average Bonchev–Trinajstić information content (AvgIpc) is 3.45. The number of nitrogen functional groups attached to an aromatic ring is 1. The summed E-state index contributed by atoms with van der Waals surface area (Å²) >= 11 is 0. The third-order valence-corrected chi connectivity index (χ3v) is 5.44. The van der Waals surface area contributed by atoms with Crippen LogP contribution in [-0.4, -0.2) is 47.1 Å². The molecule has 3 N–H and O–H groups in total. The van der Waals surface area contributed by atoms with Crippen molar-refractivity contribution in [2.45, 2.75) is 44.8 Å². The number of anilines is 2. The van der Waals surface area contributed by atoms with Gasteiger partial charge in [-0.1, -0.05) is 6.92 Å². The Hall–Kier alpha value is -2.67. The van der Waals surface area contributed by atoms with Gasteiger partial charge in [0.25, 0.3) is 0 Å². The van der Waals surface area contributed by atoms with Crippen molar-refractivity contribution in [1.82, 2.24) is 9.97 Å². The molecule has 1 aromatic heterocycles. The van der Waals surface area contributed by atoms with E-state index in [-0.39, 0.29) is 18.8 Å². The predicted octanol–water partition coefficient (Wildman–Crippen LogP) is 3.27. The SMILES string of the molecule is CC[C@H]1CN(c2cc(C(=N)c3cc(OC4(C)CC4)ccc3N)ncn2)CCO1.[HH]. The summed E-state index contributed by atoms with van der Waals surface area (Å²) in [6.45, 7) is 6.47. The molecule has 7 nitrogen and oxygen atoms in total. The number of nitrogens with two attached hydrogens (primary N) is 1. The Morgan fingerprint density at radius 1 is 1.39 bits per heavy atom. The molecule has 1 atom stereocenters. The average molecular weight is 383 g/mol. The molecule has 7 heteroatoms. The van der Waals surface area contributed by atoms with Crippen molar-refractivity contribution in [2.24, 2.45) is 0 Å². The highest BCUT2D eigenvalue weighted by atomic mass is 16.5. The maximum absolute atomic E-state index is 8.67. The Morgan fingerprint density at radius 3 is 2.96 bits per heavy atom. The molecule has 4 rings (SSSR count). The van der Waals surface area contributed by atoms with Crippen LogP contribution in [0.3, 0.4) is 0 Å². The second kappa shape index (κ2) is 7.39. The highest BCUT2D eigenvalue weighted by Gasteiger charge is 2.40. The van der Waals surface area contributed by atoms with E-state index in [0.29, 0.717) is 23.6 Å². The topological polar surface area (TPSA) is 97.4 Å². The number of nitrogens with zero attached hydrogens (tertiary/aromatic N) is 3. The quantitative estimate of drug-likeness (QED) is 0.587. The highest BCUT2D eigenvalue weighted by molar-refractivity contribution is 6.13. The van der Waals surface area contributed by atoms with Crippen molar-refractivity contribution in [2.75, 3.05) is 30.3 Å². The van der Waals surface area contributed by atoms with E-state index in [1.165, 1.54) is 6.33 Å². The Morgan fingerprint density at radius 2 is 2.21 bits per heavy atom. The lowest BCUT2D eigenvalue weighted by atomic mass is 10.0. The fraction of sp³-hybridized carbons (Fsp3) is 0.476. The van der Waals surface area contributed by atoms with Gasteiger partial charge >= 0.3 is 0 Å². The minimum absolute atomic E-state index is 0. The zero-order valence-corrected chi connectivity index (χ0v) is 16.4. The van der Waals surface area contributed by atoms with Gasteiger partial charge < -0.3 is 20.1 Å². The second-order valence-electron chi connectivity index (χ2n) is 7.78. The van der Waals surface area contributed by atoms with Gasteiger partial charge in [-0.3, -0.25) is 5.41 Å². The summed E-state index contributed by atoms with van der Waals surface area (Å²) in [6, 6.07) is 7.35. The van der Waals surface area contributed by atoms with Crippen LogP contribution in [0.25, 0.3) is 0 Å². The molecule has 0 bridgehead atoms. The van der Waals surface area contributed by atoms with Gasteiger partial charge in [0.1, 0.15) is 23.5 Å². The van der Waals surface area contributed by atoms with E-state index in [2.05, 4.69) is 28.7 Å². The molecular formula is C21H29N5O2. The minimum atomic E-state index is -0.0795. The van der Waals surface area contributed by atoms with Crippen LogP contribution in [0, 0.1) is 5.41 Å². The summed E-state index contributed by atoms with van der Waals surface area (Å²) in [5.41, 5.74) is 8.06. The van der Waals surface area contributed by atoms with E-state index in [9.17, 15) is 0 Å². The lowest BCUT2D eigenvalue weighted by molar-refractivity contribution is 0.0381. The number of aromatic nitrogens is 2. The van der Waals surface area contributed by atoms with Crippen LogP contribution in [0.15, 0.2) is 30.6 Å². The lowest BCUT2D eigenvalue weighted by Gasteiger charge is -2.33. The van der Waals surface area contributed by atoms with Gasteiger partial charge in [-0.2, -0.15) is 0 Å². The van der Waals surface area contributed by atoms with E-state index in [1.54, 1.807) is 6.07 Å². The lowest BCUT2D eigenvalue weighted by Crippen LogP contribution is -2.42. The largest absolute Gasteiger partial charge is 0.488 e. The monoisotopic (exact) mass is 383 g/mol. The molecule has 1 saturated carbocycles. The van der Waals surface area contributed by atoms with Gasteiger partial charge in [0.05, 0.1) is 24.1 Å². The summed E-state index contributed by atoms with van der Waals surface area (Å²) in [7, 11) is 0. The van der Waals surface area contributed by atoms with Gasteiger partial charge in [-0.05, 0) is 44.4 Å². The first-order valence-corrected chi connectivity index (χ1v) is 9.84. The summed E-state index contributed by atoms with van der Waals surface area (Å²) in [5.74, 6) is 1.55. The van der Waals surface area contributed by atoms with E-state index in [4.69, 9.17) is 20.6 Å². The molecule has 2 heterocycles. The Bertz CT molecular complexity index is 887. The summed E-state index contributed by atoms with van der Waals surface area (Å²) in [5, 5.41) is 8.67. The summed E-state index contributed by atoms with van der Waals surface area (Å²) < 4.78 is 11.8. The zero-order valence-electron chi connectivity index (χ0n) is 16.4. The van der Waals surface area contributed by atoms with Crippen LogP contribution in [0.1, 0.15) is 45.8 Å². The van der Waals surface area contributed by atoms with Gasteiger partial charge in [-0.25, -0.2) is 9.97 Å². The number of rotatable bonds is 6. The first-order chi connectivity index (χ1) is 13.5. The van der Waals surface area contributed by atoms with Gasteiger partial charge in [0, 0.05) is 31.8 Å². The number of nitrogens with one attached hydrogen (secondary N) is 1. The maximum Gasteiger partial charge on any atom is 0.132 e. The van der Waals surface area contributed by atoms with Gasteiger partial charge in [-0.15, -0.1) is 0 Å². The van der Waals surface area contributed by atoms with Crippen molar-refractivity contribution >= 4 is 17.2 Å². The van der Waals surface area contributed by atoms with Crippen LogP contribution >= 0.6 is 0 Å². The molecule has 1 saturated heterocycles. The van der Waals surface area contributed by atoms with Gasteiger partial charge in [0.15, 0.2) is 0 Å². The molecule has 0 amide bonds. The molecule has 28 heavy (non-hydrogen) atoms. The van der Waals surface area contributed by atoms with Crippen molar-refractivity contribution < 1.29 is 10.9 Å². The minimum Gasteiger partial charge on any atom is -0.488 e. The number of morpholine rings is 1. The Labute approximate surface area is 166 Å². The fourth-order valence-corrected chi connectivity index (χ4v) is 3.35. The molecule has 1 aliphatic carbocycles. The van der Waals surface area contributed by atoms with Crippen LogP contribution < -0.4 is 15.4 Å². The molecule has 0 spiro atoms. The van der Waals surface area contributed by atoms with Crippen molar-refractivity contribution in [3.05, 3.63) is 41.9 Å². The smallest absolute Gasteiger partial charge is 0.132 e. The van der Waals surface area contributed by atoms with E-state index >= 15 is 0 Å². The third-order valence-electron chi connectivity index (χ3n) is 5.44. The van der Waals surface area contributed by atoms with Crippen LogP contribution in [-0.2, 0) is 4.74 Å². The molecule has 2 aliphatic rings. The summed E-state index contributed by atoms with van der Waals surface area (Å²) in [4.78, 5) is 10.9. The summed E-state index contributed by atoms with van der Waals surface area (Å²) in [6.07, 6.45) is 4.79. The molecule has 150 valence electrons. The molecule has 2 fully saturated rings. The fourth-order valence-electron chi connectivity index (χ4n) is 3.35. The van der Waals surface area contributed by atoms with Crippen LogP contribution in [0.4, 0.5) is 11.5 Å². The molecule has 2 aromatic rings. The first-order valence-electron chi connectivity index (χ1n) is 9.84. The number of hydrogen-bond donors (Lipinski definition) is 2. The third kappa shape index (κ3) is 3.94. The predicted molar refractivity (Wildman–Crippen MR) is 111 cm³/mol.